The number of nitrogens with zero attached hydrogens (tertiary/aromatic N) is 4. The number of aliphatic hydroxyl groups excluding tert-OH is 2. The minimum atomic E-state index is -1.91. The minimum Gasteiger partial charge on any atom is -0.549 e. The molecule has 0 bridgehead atoms. The maximum atomic E-state index is 15.3. The third kappa shape index (κ3) is 28.1. The zero-order chi connectivity index (χ0) is 73.0. The first-order valence-corrected chi connectivity index (χ1v) is 35.0. The van der Waals surface area contributed by atoms with E-state index in [1.165, 1.54) is 39.0 Å². The van der Waals surface area contributed by atoms with E-state index >= 15 is 14.4 Å². The number of carboxylic acids is 4. The van der Waals surface area contributed by atoms with Crippen molar-refractivity contribution in [2.24, 2.45) is 5.73 Å². The van der Waals surface area contributed by atoms with Crippen molar-refractivity contribution in [2.75, 3.05) is 96.6 Å². The van der Waals surface area contributed by atoms with Gasteiger partial charge in [0, 0.05) is 113 Å². The van der Waals surface area contributed by atoms with Crippen molar-refractivity contribution in [3.63, 3.8) is 0 Å². The molecule has 3 aromatic carbocycles. The summed E-state index contributed by atoms with van der Waals surface area (Å²) in [6.45, 7) is 0.688. The SMILES string of the molecule is C[C@@H](O)C(NC(=O)[C@@H]1CSSC[C@H](NC(=O)[C@@H](Cc2ccccc2)NC(=O)CN2CCN(CC(=O)[O-])CCN(CC(=O)O)CCN(CC(=O)[O-])CC2)C(=O)N[C@@H](Cc2ccc(O)cc2)C(=O)N[C@H](Cc2c[nH]c3ccccc23)C(=O)N[C@@H](CCCCN)C(=O)N[C@@H]([C@@H](C)O)C(=O)N1)C(=O)O.[64Cu+2]. The summed E-state index contributed by atoms with van der Waals surface area (Å²) in [6, 6.07) is 7.79. The monoisotopic (exact) mass is 1500 g/mol. The normalized spacial score (nSPS) is 21.7. The van der Waals surface area contributed by atoms with Crippen molar-refractivity contribution in [3.05, 3.63) is 102 Å². The second kappa shape index (κ2) is 42.1. The average molecular weight is 1500 g/mol. The van der Waals surface area contributed by atoms with Crippen LogP contribution in [0.15, 0.2) is 85.1 Å². The van der Waals surface area contributed by atoms with Crippen LogP contribution >= 0.6 is 21.6 Å². The molecule has 3 heterocycles. The van der Waals surface area contributed by atoms with Gasteiger partial charge in [0.25, 0.3) is 0 Å². The van der Waals surface area contributed by atoms with E-state index in [0.717, 1.165) is 35.4 Å². The van der Waals surface area contributed by atoms with Gasteiger partial charge in [-0.05, 0) is 74.5 Å². The molecule has 1 unspecified atom stereocenters. The number of aromatic nitrogens is 1. The van der Waals surface area contributed by atoms with Gasteiger partial charge in [-0.15, -0.1) is 0 Å². The molecule has 1 aromatic heterocycles. The summed E-state index contributed by atoms with van der Waals surface area (Å²) in [6.07, 6.45) is -1.97. The molecule has 2 aliphatic rings. The number of carboxylic acid groups (broad SMARTS) is 4. The van der Waals surface area contributed by atoms with Gasteiger partial charge in [-0.3, -0.25) is 62.8 Å². The zero-order valence-corrected chi connectivity index (χ0v) is 58.2. The molecular weight excluding hydrogens is 1410 g/mol. The van der Waals surface area contributed by atoms with E-state index in [-0.39, 0.29) is 114 Å². The Hall–Kier alpha value is -8.42. The first kappa shape index (κ1) is 83.2. The van der Waals surface area contributed by atoms with Crippen LogP contribution in [0.3, 0.4) is 0 Å². The van der Waals surface area contributed by atoms with Gasteiger partial charge in [-0.25, -0.2) is 4.79 Å². The molecule has 6 rings (SSSR count). The standard InChI is InChI=1S/C65H90N14O19S2.Cu/c1-38(80)56-64(96)73-51(63(95)75-57(39(2)81)65(97)98)37-100-99-36-50(72-59(91)47(28-40-10-4-3-5-11-40)68-52(83)32-76-20-22-77(33-53(84)85)24-26-79(35-55(88)89)27-25-78(23-21-76)34-54(86)87)62(94)70-48(29-41-15-17-43(82)18-16-41)60(92)71-49(30-42-31-67-45-13-7-6-12-44(42)45)61(93)69-46(58(90)74-56)14-8-9-19-66;/h3-7,10-13,15-18,31,38-39,46-51,56-57,67,80-82H,8-9,14,19-30,32-37,66H2,1-2H3,(H,68,83)(H,69,93)(H,70,94)(H,71,92)(H,72,91)(H,73,96)(H,74,90)(H,75,95)(H,84,85)(H,86,87)(H,88,89)(H,97,98);/q;+2/p-2/t38-,39-,46+,47-,48+,49-,50+,51+,56+,57?;/m1./s1/i;1+0. The van der Waals surface area contributed by atoms with Crippen molar-refractivity contribution >= 4 is 104 Å². The molecule has 555 valence electrons. The third-order valence-electron chi connectivity index (χ3n) is 16.5. The molecule has 101 heavy (non-hydrogen) atoms. The summed E-state index contributed by atoms with van der Waals surface area (Å²) in [5.74, 6) is -14.6. The van der Waals surface area contributed by atoms with Crippen molar-refractivity contribution in [1.29, 1.82) is 0 Å². The Morgan fingerprint density at radius 3 is 1.71 bits per heavy atom. The van der Waals surface area contributed by atoms with E-state index in [1.54, 1.807) is 65.7 Å². The molecule has 16 N–H and O–H groups in total. The number of aliphatic hydroxyl groups is 2. The number of unbranched alkanes of at least 4 members (excludes halogenated alkanes) is 1. The Morgan fingerprint density at radius 1 is 0.614 bits per heavy atom. The topological polar surface area (TPSA) is 503 Å². The first-order chi connectivity index (χ1) is 47.7. The number of fused-ring (bicyclic) bond motifs is 1. The number of rotatable bonds is 26. The third-order valence-corrected chi connectivity index (χ3v) is 19.0. The molecule has 2 saturated heterocycles. The molecule has 0 aliphatic carbocycles. The number of H-pyrrole nitrogens is 1. The van der Waals surface area contributed by atoms with Gasteiger partial charge < -0.3 is 98.6 Å². The molecular formula is C65H88CuN14O19S2. The summed E-state index contributed by atoms with van der Waals surface area (Å²) in [7, 11) is 1.64. The van der Waals surface area contributed by atoms with Crippen LogP contribution in [0.5, 0.6) is 5.75 Å². The molecule has 0 spiro atoms. The van der Waals surface area contributed by atoms with Crippen molar-refractivity contribution in [1.82, 2.24) is 67.1 Å². The van der Waals surface area contributed by atoms with E-state index in [9.17, 15) is 78.9 Å². The number of aromatic amines is 1. The number of amides is 8. The Kier molecular flexibility index (Phi) is 34.7. The number of aromatic hydroxyl groups is 1. The van der Waals surface area contributed by atoms with Gasteiger partial charge in [-0.1, -0.05) is 82.3 Å². The van der Waals surface area contributed by atoms with E-state index in [1.807, 2.05) is 0 Å². The fourth-order valence-corrected chi connectivity index (χ4v) is 13.4. The van der Waals surface area contributed by atoms with Gasteiger partial charge in [-0.2, -0.15) is 0 Å². The van der Waals surface area contributed by atoms with Crippen molar-refractivity contribution < 1.29 is 110 Å². The maximum absolute atomic E-state index is 15.3. The van der Waals surface area contributed by atoms with E-state index in [2.05, 4.69) is 47.5 Å². The number of phenolic OH excluding ortho intramolecular Hbond substituents is 1. The van der Waals surface area contributed by atoms with E-state index < -0.39 is 169 Å². The molecule has 2 fully saturated rings. The predicted octanol–water partition coefficient (Wildman–Crippen LogP) is -6.05. The van der Waals surface area contributed by atoms with Crippen LogP contribution in [-0.2, 0) is 93.9 Å². The van der Waals surface area contributed by atoms with Gasteiger partial charge in [0.2, 0.25) is 47.3 Å². The van der Waals surface area contributed by atoms with Crippen LogP contribution in [0.2, 0.25) is 0 Å². The van der Waals surface area contributed by atoms with E-state index in [0.29, 0.717) is 34.0 Å². The Balaban J connectivity index is 0.0000184. The quantitative estimate of drug-likeness (QED) is 0.0158. The Bertz CT molecular complexity index is 3420. The molecule has 0 saturated carbocycles. The van der Waals surface area contributed by atoms with E-state index in [4.69, 9.17) is 5.73 Å². The zero-order valence-electron chi connectivity index (χ0n) is 55.6. The van der Waals surface area contributed by atoms with Gasteiger partial charge >= 0.3 is 29.0 Å². The number of carbonyl (C=O) groups is 12. The smallest absolute Gasteiger partial charge is 0.549 e. The summed E-state index contributed by atoms with van der Waals surface area (Å²) in [5.41, 5.74) is 7.93. The minimum absolute atomic E-state index is 0. The number of hydrogen-bond acceptors (Lipinski definition) is 24. The number of carbonyl (C=O) groups excluding carboxylic acids is 10. The molecule has 10 atom stereocenters. The number of hydrogen-bond donors (Lipinski definition) is 15. The average Bonchev–Trinajstić information content (AvgIpc) is 1.75. The summed E-state index contributed by atoms with van der Waals surface area (Å²) >= 11 is 0. The summed E-state index contributed by atoms with van der Waals surface area (Å²) in [4.78, 5) is 175. The largest absolute Gasteiger partial charge is 2.00 e. The fourth-order valence-electron chi connectivity index (χ4n) is 11.1. The maximum Gasteiger partial charge on any atom is 2.00 e. The Labute approximate surface area is 600 Å². The second-order valence-corrected chi connectivity index (χ2v) is 27.0. The predicted molar refractivity (Wildman–Crippen MR) is 362 cm³/mol. The number of benzene rings is 3. The number of aliphatic carboxylic acids is 4. The van der Waals surface area contributed by atoms with Gasteiger partial charge in [0.1, 0.15) is 48.0 Å². The summed E-state index contributed by atoms with van der Waals surface area (Å²) in [5, 5.41) is 96.5. The van der Waals surface area contributed by atoms with Gasteiger partial charge in [0.05, 0.1) is 37.2 Å². The fraction of sp³-hybridized carbons (Fsp3) is 0.508. The molecule has 2 aliphatic heterocycles. The Morgan fingerprint density at radius 2 is 1.15 bits per heavy atom. The van der Waals surface area contributed by atoms with Crippen LogP contribution < -0.4 is 58.5 Å². The molecule has 1 radical (unpaired) electrons. The second-order valence-electron chi connectivity index (χ2n) is 24.4. The van der Waals surface area contributed by atoms with Crippen LogP contribution in [-0.4, -0.2) is 278 Å². The van der Waals surface area contributed by atoms with Gasteiger partial charge in [0.15, 0.2) is 6.04 Å². The number of phenols is 1. The molecule has 33 nitrogen and oxygen atoms in total. The number of para-hydroxylation sites is 1. The van der Waals surface area contributed by atoms with Crippen LogP contribution in [0, 0.1) is 0 Å². The molecule has 8 amide bonds. The van der Waals surface area contributed by atoms with Crippen LogP contribution in [0.1, 0.15) is 49.8 Å². The van der Waals surface area contributed by atoms with Crippen LogP contribution in [0.4, 0.5) is 0 Å². The van der Waals surface area contributed by atoms with Crippen molar-refractivity contribution in [3.8, 4) is 5.75 Å². The molecule has 36 heteroatoms. The van der Waals surface area contributed by atoms with Crippen molar-refractivity contribution in [2.45, 2.75) is 113 Å². The molecule has 4 aromatic rings. The first-order valence-electron chi connectivity index (χ1n) is 32.5. The summed E-state index contributed by atoms with van der Waals surface area (Å²) < 4.78 is 0. The van der Waals surface area contributed by atoms with Crippen LogP contribution in [0.25, 0.3) is 10.9 Å². The number of nitrogens with two attached hydrogens (primary N) is 1. The number of nitrogens with one attached hydrogen (secondary N) is 9.